The molecule has 0 bridgehead atoms. The highest BCUT2D eigenvalue weighted by Crippen LogP contribution is 2.38. The molecule has 3 atom stereocenters. The van der Waals surface area contributed by atoms with Crippen LogP contribution in [0.2, 0.25) is 0 Å². The third-order valence-electron chi connectivity index (χ3n) is 9.16. The molecule has 0 aromatic rings. The molecule has 2 N–H and O–H groups in total. The summed E-state index contributed by atoms with van der Waals surface area (Å²) in [5.41, 5.74) is 0. The first kappa shape index (κ1) is 49.0. The molecule has 0 aromatic carbocycles. The number of aliphatic hydroxyl groups excluding tert-OH is 1. The summed E-state index contributed by atoms with van der Waals surface area (Å²) in [4.78, 5) is 25.2. The normalized spacial score (nSPS) is 14.8. The molecule has 0 aliphatic carbocycles. The van der Waals surface area contributed by atoms with Gasteiger partial charge in [-0.2, -0.15) is 0 Å². The Hall–Kier alpha value is -1.02. The number of unbranched alkanes of at least 4 members (excludes halogenated alkanes) is 20. The van der Waals surface area contributed by atoms with Crippen molar-refractivity contribution < 1.29 is 32.9 Å². The molecule has 0 saturated heterocycles. The Morgan fingerprint density at radius 1 is 0.680 bits per heavy atom. The van der Waals surface area contributed by atoms with E-state index in [1.807, 2.05) is 21.1 Å². The molecule has 0 spiro atoms. The summed E-state index contributed by atoms with van der Waals surface area (Å²) in [6.45, 7) is 4.66. The lowest BCUT2D eigenvalue weighted by Gasteiger charge is -2.30. The van der Waals surface area contributed by atoms with Crippen LogP contribution < -0.4 is 10.2 Å². The lowest BCUT2D eigenvalue weighted by atomic mass is 10.0. The average Bonchev–Trinajstić information content (AvgIpc) is 3.06. The van der Waals surface area contributed by atoms with E-state index in [1.165, 1.54) is 109 Å². The Bertz CT molecular complexity index is 876. The predicted octanol–water partition coefficient (Wildman–Crippen LogP) is 10.3. The second kappa shape index (κ2) is 33.8. The summed E-state index contributed by atoms with van der Waals surface area (Å²) in [5.74, 6) is -0.182. The first-order valence-electron chi connectivity index (χ1n) is 20.7. The molecule has 0 radical (unpaired) electrons. The molecule has 0 aromatic heterocycles. The van der Waals surface area contributed by atoms with Crippen LogP contribution in [0.1, 0.15) is 181 Å². The van der Waals surface area contributed by atoms with Gasteiger partial charge in [0.2, 0.25) is 5.91 Å². The highest BCUT2D eigenvalue weighted by molar-refractivity contribution is 7.45. The number of allylic oxidation sites excluding steroid dienone is 4. The Morgan fingerprint density at radius 2 is 1.10 bits per heavy atom. The molecule has 50 heavy (non-hydrogen) atoms. The van der Waals surface area contributed by atoms with Crippen molar-refractivity contribution in [2.45, 2.75) is 193 Å². The van der Waals surface area contributed by atoms with Crippen LogP contribution in [0.15, 0.2) is 24.3 Å². The van der Waals surface area contributed by atoms with Gasteiger partial charge in [-0.3, -0.25) is 9.36 Å². The molecule has 9 heteroatoms. The van der Waals surface area contributed by atoms with Gasteiger partial charge in [-0.15, -0.1) is 0 Å². The van der Waals surface area contributed by atoms with Gasteiger partial charge in [0.1, 0.15) is 13.2 Å². The smallest absolute Gasteiger partial charge is 0.268 e. The third kappa shape index (κ3) is 35.4. The number of hydrogen-bond acceptors (Lipinski definition) is 6. The van der Waals surface area contributed by atoms with Crippen molar-refractivity contribution in [2.75, 3.05) is 40.9 Å². The van der Waals surface area contributed by atoms with Crippen molar-refractivity contribution >= 4 is 13.7 Å². The number of hydrogen-bond donors (Lipinski definition) is 2. The molecule has 0 heterocycles. The quantitative estimate of drug-likeness (QED) is 0.0285. The molecular formula is C41H81N2O6P. The maximum Gasteiger partial charge on any atom is 0.268 e. The molecular weight excluding hydrogens is 647 g/mol. The van der Waals surface area contributed by atoms with E-state index in [0.717, 1.165) is 44.9 Å². The van der Waals surface area contributed by atoms with Crippen molar-refractivity contribution in [1.82, 2.24) is 5.32 Å². The fourth-order valence-electron chi connectivity index (χ4n) is 5.79. The Labute approximate surface area is 309 Å². The van der Waals surface area contributed by atoms with Gasteiger partial charge >= 0.3 is 0 Å². The minimum atomic E-state index is -4.56. The Morgan fingerprint density at radius 3 is 1.56 bits per heavy atom. The zero-order valence-electron chi connectivity index (χ0n) is 33.4. The SMILES string of the molecule is CCCCCCC/C=C/CCCC[C@@H](O)[C@H](COP(=O)([O-])OCC[N+](C)(C)C)NC(=O)CCCCCCCCC/C=C/CCCCCCCC. The lowest BCUT2D eigenvalue weighted by Crippen LogP contribution is -2.46. The molecule has 1 amide bonds. The molecule has 0 rings (SSSR count). The van der Waals surface area contributed by atoms with Crippen molar-refractivity contribution in [1.29, 1.82) is 0 Å². The monoisotopic (exact) mass is 729 g/mol. The summed E-state index contributed by atoms with van der Waals surface area (Å²) in [7, 11) is 1.28. The van der Waals surface area contributed by atoms with Gasteiger partial charge in [-0.1, -0.05) is 134 Å². The highest BCUT2D eigenvalue weighted by Gasteiger charge is 2.24. The number of rotatable bonds is 37. The van der Waals surface area contributed by atoms with Gasteiger partial charge < -0.3 is 28.8 Å². The zero-order chi connectivity index (χ0) is 37.2. The van der Waals surface area contributed by atoms with Crippen LogP contribution in [0.5, 0.6) is 0 Å². The van der Waals surface area contributed by atoms with Crippen molar-refractivity contribution in [2.24, 2.45) is 0 Å². The second-order valence-electron chi connectivity index (χ2n) is 15.3. The van der Waals surface area contributed by atoms with E-state index >= 15 is 0 Å². The second-order valence-corrected chi connectivity index (χ2v) is 16.7. The van der Waals surface area contributed by atoms with Gasteiger partial charge in [0.25, 0.3) is 7.82 Å². The number of nitrogens with one attached hydrogen (secondary N) is 1. The molecule has 1 unspecified atom stereocenters. The number of carbonyl (C=O) groups is 1. The predicted molar refractivity (Wildman–Crippen MR) is 210 cm³/mol. The summed E-state index contributed by atoms with van der Waals surface area (Å²) >= 11 is 0. The molecule has 0 aliphatic heterocycles. The van der Waals surface area contributed by atoms with Crippen LogP contribution in [0.3, 0.4) is 0 Å². The molecule has 0 saturated carbocycles. The maximum atomic E-state index is 12.8. The summed E-state index contributed by atoms with van der Waals surface area (Å²) in [5, 5.41) is 13.8. The van der Waals surface area contributed by atoms with Gasteiger partial charge in [0.05, 0.1) is 39.9 Å². The van der Waals surface area contributed by atoms with Crippen molar-refractivity contribution in [3.8, 4) is 0 Å². The number of phosphoric acid groups is 1. The van der Waals surface area contributed by atoms with Gasteiger partial charge in [0.15, 0.2) is 0 Å². The maximum absolute atomic E-state index is 12.8. The van der Waals surface area contributed by atoms with E-state index in [0.29, 0.717) is 23.9 Å². The number of likely N-dealkylation sites (N-methyl/N-ethyl adjacent to an activating group) is 1. The molecule has 296 valence electrons. The van der Waals surface area contributed by atoms with Gasteiger partial charge in [0, 0.05) is 6.42 Å². The van der Waals surface area contributed by atoms with E-state index in [-0.39, 0.29) is 19.1 Å². The molecule has 8 nitrogen and oxygen atoms in total. The summed E-state index contributed by atoms with van der Waals surface area (Å²) in [6.07, 6.45) is 37.5. The lowest BCUT2D eigenvalue weighted by molar-refractivity contribution is -0.870. The largest absolute Gasteiger partial charge is 0.756 e. The first-order valence-corrected chi connectivity index (χ1v) is 22.1. The number of carbonyl (C=O) groups excluding carboxylic acids is 1. The number of quaternary nitrogens is 1. The van der Waals surface area contributed by atoms with Crippen LogP contribution in [0, 0.1) is 0 Å². The minimum absolute atomic E-state index is 0.00642. The first-order chi connectivity index (χ1) is 24.0. The van der Waals surface area contributed by atoms with Crippen LogP contribution in [0.4, 0.5) is 0 Å². The molecule has 0 fully saturated rings. The number of nitrogens with zero attached hydrogens (tertiary/aromatic N) is 1. The fraction of sp³-hybridized carbons (Fsp3) is 0.878. The fourth-order valence-corrected chi connectivity index (χ4v) is 6.51. The van der Waals surface area contributed by atoms with Crippen molar-refractivity contribution in [3.63, 3.8) is 0 Å². The van der Waals surface area contributed by atoms with Crippen LogP contribution in [0.25, 0.3) is 0 Å². The van der Waals surface area contributed by atoms with Crippen LogP contribution >= 0.6 is 7.82 Å². The Balaban J connectivity index is 4.41. The summed E-state index contributed by atoms with van der Waals surface area (Å²) < 4.78 is 23.2. The van der Waals surface area contributed by atoms with E-state index < -0.39 is 20.0 Å². The van der Waals surface area contributed by atoms with Crippen LogP contribution in [-0.4, -0.2) is 68.5 Å². The average molecular weight is 729 g/mol. The highest BCUT2D eigenvalue weighted by atomic mass is 31.2. The number of aliphatic hydroxyl groups is 1. The van der Waals surface area contributed by atoms with E-state index in [1.54, 1.807) is 0 Å². The Kier molecular flexibility index (Phi) is 33.1. The van der Waals surface area contributed by atoms with E-state index in [9.17, 15) is 19.4 Å². The minimum Gasteiger partial charge on any atom is -0.756 e. The van der Waals surface area contributed by atoms with Crippen LogP contribution in [-0.2, 0) is 18.4 Å². The standard InChI is InChI=1S/C41H81N2O6P/c1-6-8-10-12-14-16-18-19-20-21-22-23-25-27-29-31-33-35-41(45)42-39(38-49-50(46,47)48-37-36-43(3,4)5)40(44)34-32-30-28-26-24-17-15-13-11-9-7-2/h19-20,24,26,39-40,44H,6-18,21-23,25,27-38H2,1-5H3,(H-,42,45,46,47)/b20-19+,26-24+/t39-,40+/m0/s1. The zero-order valence-corrected chi connectivity index (χ0v) is 34.2. The topological polar surface area (TPSA) is 108 Å². The summed E-state index contributed by atoms with van der Waals surface area (Å²) in [6, 6.07) is -0.815. The molecule has 0 aliphatic rings. The number of amides is 1. The van der Waals surface area contributed by atoms with Gasteiger partial charge in [-0.25, -0.2) is 0 Å². The third-order valence-corrected chi connectivity index (χ3v) is 10.1. The van der Waals surface area contributed by atoms with Crippen molar-refractivity contribution in [3.05, 3.63) is 24.3 Å². The van der Waals surface area contributed by atoms with E-state index in [4.69, 9.17) is 9.05 Å². The number of phosphoric ester groups is 1. The van der Waals surface area contributed by atoms with E-state index in [2.05, 4.69) is 43.5 Å². The van der Waals surface area contributed by atoms with Gasteiger partial charge in [-0.05, 0) is 64.2 Å².